The number of hydrogen-bond donors (Lipinski definition) is 0. The molecule has 0 bridgehead atoms. The van der Waals surface area contributed by atoms with Crippen LogP contribution < -0.4 is 0 Å². The third kappa shape index (κ3) is 8.65. The van der Waals surface area contributed by atoms with Crippen LogP contribution in [0.25, 0.3) is 0 Å². The molecule has 1 aliphatic carbocycles. The molecular formula is C37H68O7Si2. The van der Waals surface area contributed by atoms with E-state index >= 15 is 0 Å². The maximum atomic E-state index is 14.8. The van der Waals surface area contributed by atoms with Crippen molar-refractivity contribution in [2.75, 3.05) is 13.2 Å². The van der Waals surface area contributed by atoms with Gasteiger partial charge in [-0.3, -0.25) is 9.59 Å². The van der Waals surface area contributed by atoms with E-state index in [2.05, 4.69) is 93.7 Å². The quantitative estimate of drug-likeness (QED) is 0.163. The number of Topliss-reactive ketones (excluding diaryl/α,β-unsaturated/α-hetero) is 1. The molecule has 7 nitrogen and oxygen atoms in total. The fourth-order valence-electron chi connectivity index (χ4n) is 6.54. The molecule has 0 amide bonds. The van der Waals surface area contributed by atoms with Crippen molar-refractivity contribution in [3.63, 3.8) is 0 Å². The first-order chi connectivity index (χ1) is 20.7. The van der Waals surface area contributed by atoms with Crippen LogP contribution in [0.4, 0.5) is 0 Å². The van der Waals surface area contributed by atoms with Crippen molar-refractivity contribution in [3.05, 3.63) is 12.2 Å². The van der Waals surface area contributed by atoms with Gasteiger partial charge in [0, 0.05) is 11.3 Å². The molecule has 0 N–H and O–H groups in total. The summed E-state index contributed by atoms with van der Waals surface area (Å²) in [4.78, 5) is 28.8. The Morgan fingerprint density at radius 2 is 1.37 bits per heavy atom. The van der Waals surface area contributed by atoms with Crippen LogP contribution in [0.15, 0.2) is 12.2 Å². The van der Waals surface area contributed by atoms with Crippen LogP contribution in [0.5, 0.6) is 0 Å². The Bertz CT molecular complexity index is 1130. The van der Waals surface area contributed by atoms with Crippen LogP contribution in [0, 0.1) is 28.6 Å². The van der Waals surface area contributed by atoms with Crippen molar-refractivity contribution in [3.8, 4) is 0 Å². The van der Waals surface area contributed by atoms with Crippen molar-refractivity contribution in [2.45, 2.75) is 169 Å². The molecule has 9 heteroatoms. The maximum absolute atomic E-state index is 14.8. The van der Waals surface area contributed by atoms with Crippen LogP contribution >= 0.6 is 0 Å². The van der Waals surface area contributed by atoms with E-state index in [-0.39, 0.29) is 45.7 Å². The van der Waals surface area contributed by atoms with Crippen LogP contribution in [0.3, 0.4) is 0 Å². The Morgan fingerprint density at radius 3 is 1.89 bits per heavy atom. The van der Waals surface area contributed by atoms with E-state index in [9.17, 15) is 9.59 Å². The minimum Gasteiger partial charge on any atom is -0.457 e. The summed E-state index contributed by atoms with van der Waals surface area (Å²) in [6.45, 7) is 35.4. The number of ketones is 1. The molecule has 2 aliphatic heterocycles. The Hall–Kier alpha value is -0.846. The highest BCUT2D eigenvalue weighted by molar-refractivity contribution is 6.74. The normalized spacial score (nSPS) is 35.7. The van der Waals surface area contributed by atoms with Gasteiger partial charge in [-0.25, -0.2) is 0 Å². The van der Waals surface area contributed by atoms with Gasteiger partial charge in [-0.1, -0.05) is 88.3 Å². The predicted octanol–water partition coefficient (Wildman–Crippen LogP) is 9.08. The van der Waals surface area contributed by atoms with Gasteiger partial charge >= 0.3 is 5.97 Å². The number of rotatable bonds is 5. The second kappa shape index (κ2) is 13.5. The van der Waals surface area contributed by atoms with Crippen molar-refractivity contribution in [1.82, 2.24) is 0 Å². The van der Waals surface area contributed by atoms with Gasteiger partial charge in [0.1, 0.15) is 5.78 Å². The number of carbonyl (C=O) groups is 2. The zero-order valence-corrected chi connectivity index (χ0v) is 34.2. The highest BCUT2D eigenvalue weighted by atomic mass is 28.4. The highest BCUT2D eigenvalue weighted by Crippen LogP contribution is 2.58. The molecule has 1 saturated carbocycles. The van der Waals surface area contributed by atoms with Gasteiger partial charge in [0.25, 0.3) is 0 Å². The van der Waals surface area contributed by atoms with E-state index in [0.29, 0.717) is 25.6 Å². The van der Waals surface area contributed by atoms with E-state index in [1.54, 1.807) is 0 Å². The van der Waals surface area contributed by atoms with Gasteiger partial charge in [-0.05, 0) is 79.7 Å². The Kier molecular flexibility index (Phi) is 11.6. The third-order valence-electron chi connectivity index (χ3n) is 12.5. The highest BCUT2D eigenvalue weighted by Gasteiger charge is 2.55. The van der Waals surface area contributed by atoms with E-state index in [4.69, 9.17) is 23.1 Å². The summed E-state index contributed by atoms with van der Waals surface area (Å²) in [7, 11) is -4.62. The molecule has 0 aromatic carbocycles. The lowest BCUT2D eigenvalue weighted by Crippen LogP contribution is -2.54. The first kappa shape index (κ1) is 39.6. The number of ether oxygens (including phenoxy) is 3. The molecule has 266 valence electrons. The Labute approximate surface area is 283 Å². The molecule has 0 unspecified atom stereocenters. The minimum atomic E-state index is -2.40. The number of fused-ring (bicyclic) bond motifs is 1. The summed E-state index contributed by atoms with van der Waals surface area (Å²) in [6.07, 6.45) is 5.70. The summed E-state index contributed by atoms with van der Waals surface area (Å²) in [5.74, 6) is -1.29. The molecule has 0 radical (unpaired) electrons. The molecule has 7 atom stereocenters. The Balaban J connectivity index is 2.10. The summed E-state index contributed by atoms with van der Waals surface area (Å²) in [5, 5.41) is -0.113. The number of allylic oxidation sites excluding steroid dienone is 1. The Morgan fingerprint density at radius 1 is 0.848 bits per heavy atom. The molecule has 0 aromatic heterocycles. The molecule has 46 heavy (non-hydrogen) atoms. The average Bonchev–Trinajstić information content (AvgIpc) is 3.30. The molecule has 0 spiro atoms. The zero-order chi connectivity index (χ0) is 35.3. The lowest BCUT2D eigenvalue weighted by Gasteiger charge is -2.46. The van der Waals surface area contributed by atoms with E-state index in [0.717, 1.165) is 12.8 Å². The van der Waals surface area contributed by atoms with Crippen LogP contribution in [0.1, 0.15) is 109 Å². The average molecular weight is 681 g/mol. The topological polar surface area (TPSA) is 80.3 Å². The lowest BCUT2D eigenvalue weighted by molar-refractivity contribution is -0.226. The second-order valence-electron chi connectivity index (χ2n) is 18.8. The molecule has 2 heterocycles. The minimum absolute atomic E-state index is 0.00362. The lowest BCUT2D eigenvalue weighted by atomic mass is 9.73. The number of carbonyl (C=O) groups excluding carboxylic acids is 2. The van der Waals surface area contributed by atoms with Gasteiger partial charge in [-0.15, -0.1) is 0 Å². The maximum Gasteiger partial charge on any atom is 0.308 e. The van der Waals surface area contributed by atoms with Gasteiger partial charge < -0.3 is 23.1 Å². The van der Waals surface area contributed by atoms with Crippen molar-refractivity contribution in [2.24, 2.45) is 28.6 Å². The molecule has 3 aliphatic rings. The summed E-state index contributed by atoms with van der Waals surface area (Å²) in [6, 6.07) is 0. The summed E-state index contributed by atoms with van der Waals surface area (Å²) < 4.78 is 32.5. The zero-order valence-electron chi connectivity index (χ0n) is 32.2. The molecule has 0 aromatic rings. The van der Waals surface area contributed by atoms with Gasteiger partial charge in [0.2, 0.25) is 5.79 Å². The SMILES string of the molecule is C[C@H]1/C=C/C[C@@]2(C)C[C@H]2C[C@@H](C2(C)OCCO2)OC(=O)C[C@H](O[Si](C)(C)C(C)(C)C)C(C)(C)C(=O)[C@H](C)[C@H]1O[Si](C)(C)C(C)(C)C. The van der Waals surface area contributed by atoms with Crippen LogP contribution in [0.2, 0.25) is 36.3 Å². The second-order valence-corrected chi connectivity index (χ2v) is 28.3. The van der Waals surface area contributed by atoms with E-state index in [1.807, 2.05) is 27.7 Å². The largest absolute Gasteiger partial charge is 0.457 e. The molecule has 2 fully saturated rings. The molecular weight excluding hydrogens is 613 g/mol. The standard InChI is InChI=1S/C37H68O7Si2/c1-25-18-17-19-36(11)24-27(36)22-29(37(12)40-20-21-41-37)42-30(38)23-28(43-45(13,14)33(3,4)5)35(9,10)32(39)26(2)31(25)44-46(15,16)34(6,7)8/h17-18,25-29,31H,19-24H2,1-16H3/b18-17+/t25-,26+,27+,28-,29-,31-,36-/m0/s1. The van der Waals surface area contributed by atoms with E-state index in [1.165, 1.54) is 0 Å². The van der Waals surface area contributed by atoms with E-state index < -0.39 is 46.0 Å². The first-order valence-corrected chi connectivity index (χ1v) is 23.5. The number of hydrogen-bond acceptors (Lipinski definition) is 7. The predicted molar refractivity (Wildman–Crippen MR) is 191 cm³/mol. The van der Waals surface area contributed by atoms with Crippen LogP contribution in [-0.2, 0) is 32.7 Å². The first-order valence-electron chi connectivity index (χ1n) is 17.7. The van der Waals surface area contributed by atoms with Crippen molar-refractivity contribution in [1.29, 1.82) is 0 Å². The third-order valence-corrected chi connectivity index (χ3v) is 21.4. The summed E-state index contributed by atoms with van der Waals surface area (Å²) in [5.41, 5.74) is -0.863. The van der Waals surface area contributed by atoms with Gasteiger partial charge in [0.05, 0.1) is 31.8 Å². The van der Waals surface area contributed by atoms with Crippen LogP contribution in [-0.4, -0.2) is 65.7 Å². The number of esters is 1. The smallest absolute Gasteiger partial charge is 0.308 e. The fraction of sp³-hybridized carbons (Fsp3) is 0.892. The monoisotopic (exact) mass is 680 g/mol. The molecule has 1 saturated heterocycles. The van der Waals surface area contributed by atoms with Gasteiger partial charge in [-0.2, -0.15) is 0 Å². The number of cyclic esters (lactones) is 1. The summed E-state index contributed by atoms with van der Waals surface area (Å²) >= 11 is 0. The van der Waals surface area contributed by atoms with Crippen molar-refractivity contribution < 1.29 is 32.7 Å². The fourth-order valence-corrected chi connectivity index (χ4v) is 9.43. The molecule has 3 rings (SSSR count). The van der Waals surface area contributed by atoms with Crippen molar-refractivity contribution >= 4 is 28.4 Å². The van der Waals surface area contributed by atoms with Gasteiger partial charge in [0.15, 0.2) is 22.7 Å².